The van der Waals surface area contributed by atoms with Crippen molar-refractivity contribution in [1.29, 1.82) is 0 Å². The molecule has 382 valence electrons. The van der Waals surface area contributed by atoms with E-state index in [-0.39, 0.29) is 65.4 Å². The van der Waals surface area contributed by atoms with Crippen molar-refractivity contribution in [1.82, 2.24) is 20.6 Å². The Bertz CT molecular complexity index is 2850. The van der Waals surface area contributed by atoms with Crippen molar-refractivity contribution < 1.29 is 78.4 Å². The highest BCUT2D eigenvalue weighted by Crippen LogP contribution is 2.52. The number of nitrogens with two attached hydrogens (primary N) is 1. The summed E-state index contributed by atoms with van der Waals surface area (Å²) in [5.41, 5.74) is 6.30. The number of para-hydroxylation sites is 1. The largest absolute Gasteiger partial charge is 0.507 e. The number of ether oxygens (including phenoxy) is 3. The number of aromatic nitrogens is 1. The van der Waals surface area contributed by atoms with Gasteiger partial charge in [-0.2, -0.15) is 5.10 Å². The van der Waals surface area contributed by atoms with Crippen LogP contribution in [0.3, 0.4) is 0 Å². The minimum absolute atomic E-state index is 0.0120. The number of carboxylic acid groups (broad SMARTS) is 1. The van der Waals surface area contributed by atoms with Crippen LogP contribution in [-0.2, 0) is 46.3 Å². The molecule has 0 bridgehead atoms. The van der Waals surface area contributed by atoms with Crippen LogP contribution in [0, 0.1) is 0 Å². The molecule has 1 unspecified atom stereocenters. The highest BCUT2D eigenvalue weighted by molar-refractivity contribution is 6.31. The van der Waals surface area contributed by atoms with E-state index in [4.69, 9.17) is 25.1 Å². The number of hydrogen-bond donors (Lipinski definition) is 10. The predicted octanol–water partition coefficient (Wildman–Crippen LogP) is 1.69. The summed E-state index contributed by atoms with van der Waals surface area (Å²) in [6, 6.07) is 10.3. The number of ketones is 2. The first-order chi connectivity index (χ1) is 34.3. The number of H-pyrrole nitrogens is 1. The summed E-state index contributed by atoms with van der Waals surface area (Å²) in [5.74, 6) is -5.63. The molecule has 3 aromatic carbocycles. The molecule has 2 aliphatic carbocycles. The van der Waals surface area contributed by atoms with Gasteiger partial charge in [0.2, 0.25) is 17.6 Å². The number of aliphatic hydroxyl groups excluding tert-OH is 2. The molecular weight excluding hydrogens is 941 g/mol. The zero-order valence-electron chi connectivity index (χ0n) is 39.5. The van der Waals surface area contributed by atoms with Gasteiger partial charge in [-0.05, 0) is 37.5 Å². The topological polar surface area (TPSA) is 350 Å². The number of phenolic OH excluding ortho intramolecular Hbond substituents is 2. The zero-order chi connectivity index (χ0) is 52.2. The number of hydrogen-bond acceptors (Lipinski definition) is 17. The first kappa shape index (κ1) is 52.5. The fraction of sp³-hybridized carbons (Fsp3) is 0.400. The maximum Gasteiger partial charge on any atom is 0.326 e. The molecule has 0 saturated carbocycles. The number of aliphatic hydroxyl groups is 3. The molecular formula is C50H56N6O16. The van der Waals surface area contributed by atoms with Gasteiger partial charge in [-0.15, -0.1) is 0 Å². The van der Waals surface area contributed by atoms with Crippen molar-refractivity contribution in [3.05, 3.63) is 99.8 Å². The smallest absolute Gasteiger partial charge is 0.326 e. The SMILES string of the molecule is CC(=O)NC(Cc1c[nH]c2ccccc12)C(=O)O.COc1cccc2c1C(=O)c1c(O)c3c(c(O)c1C2=O)C[C@@](O)(/C(CO)=N\NC(=O)CCCCCN1C(=O)C=CC1=O)C[C@@H]3O[C@H]1C[C@H](N)[C@H](O)[C@H](C)O1. The van der Waals surface area contributed by atoms with Crippen LogP contribution in [-0.4, -0.2) is 144 Å². The molecule has 11 N–H and O–H groups in total. The van der Waals surface area contributed by atoms with Gasteiger partial charge in [-0.25, -0.2) is 10.2 Å². The Kier molecular flexibility index (Phi) is 16.0. The fourth-order valence-corrected chi connectivity index (χ4v) is 9.43. The van der Waals surface area contributed by atoms with Gasteiger partial charge in [0.25, 0.3) is 11.8 Å². The number of nitrogens with zero attached hydrogens (tertiary/aromatic N) is 2. The highest BCUT2D eigenvalue weighted by Gasteiger charge is 2.50. The number of phenols is 2. The van der Waals surface area contributed by atoms with Crippen LogP contribution >= 0.6 is 0 Å². The van der Waals surface area contributed by atoms with Crippen LogP contribution in [0.5, 0.6) is 17.2 Å². The van der Waals surface area contributed by atoms with Gasteiger partial charge in [0.15, 0.2) is 12.1 Å². The van der Waals surface area contributed by atoms with Crippen molar-refractivity contribution in [3.63, 3.8) is 0 Å². The lowest BCUT2D eigenvalue weighted by Gasteiger charge is -2.43. The minimum atomic E-state index is -2.16. The standard InChI is InChI=1S/C37H42N4O13.C13H14N2O3/c1-17-32(46)20(38)13-27(53-17)54-22-15-37(51,23(16-42)39-40-24(43)9-4-3-5-12-41-25(44)10-11-26(41)45)14-19-29(22)36(50)31-30(34(19)48)33(47)18-7-6-8-21(52-2)28(18)35(31)49;1-8(16)15-12(13(17)18)6-9-7-14-11-5-3-2-4-10(9)11/h6-8,10-11,17,20,22,27,32,42,46,48,50-51H,3-5,9,12-16,38H2,1-2H3,(H,40,43);2-5,7,12,14H,6H2,1H3,(H,15,16)(H,17,18)/b39-23-;/t17-,20-,22-,27-,32+,37-;/m0./s1. The molecule has 8 rings (SSSR count). The molecule has 4 amide bonds. The van der Waals surface area contributed by atoms with Gasteiger partial charge < -0.3 is 60.9 Å². The Balaban J connectivity index is 0.000000354. The molecule has 3 heterocycles. The van der Waals surface area contributed by atoms with Gasteiger partial charge in [-0.3, -0.25) is 33.7 Å². The van der Waals surface area contributed by atoms with Crippen molar-refractivity contribution in [2.75, 3.05) is 20.3 Å². The maximum absolute atomic E-state index is 14.0. The molecule has 1 aromatic heterocycles. The Hall–Kier alpha value is -7.34. The molecule has 1 saturated heterocycles. The van der Waals surface area contributed by atoms with Crippen LogP contribution in [0.25, 0.3) is 10.9 Å². The predicted molar refractivity (Wildman–Crippen MR) is 254 cm³/mol. The van der Waals surface area contributed by atoms with E-state index in [0.717, 1.165) is 21.4 Å². The molecule has 2 aliphatic heterocycles. The lowest BCUT2D eigenvalue weighted by Crippen LogP contribution is -2.53. The number of unbranched alkanes of at least 4 members (excludes halogenated alkanes) is 2. The quantitative estimate of drug-likeness (QED) is 0.0221. The number of benzene rings is 3. The number of aliphatic carboxylic acids is 1. The summed E-state index contributed by atoms with van der Waals surface area (Å²) < 4.78 is 17.4. The number of imide groups is 1. The molecule has 22 heteroatoms. The van der Waals surface area contributed by atoms with Crippen LogP contribution in [0.15, 0.2) is 65.9 Å². The molecule has 22 nitrogen and oxygen atoms in total. The summed E-state index contributed by atoms with van der Waals surface area (Å²) in [6.07, 6.45) is 0.485. The second-order valence-corrected chi connectivity index (χ2v) is 18.0. The monoisotopic (exact) mass is 996 g/mol. The first-order valence-corrected chi connectivity index (χ1v) is 23.2. The molecule has 72 heavy (non-hydrogen) atoms. The maximum atomic E-state index is 14.0. The number of fused-ring (bicyclic) bond motifs is 4. The van der Waals surface area contributed by atoms with E-state index in [1.807, 2.05) is 24.3 Å². The second-order valence-electron chi connectivity index (χ2n) is 18.0. The molecule has 1 fully saturated rings. The molecule has 4 aliphatic rings. The number of carbonyl (C=O) groups is 7. The number of nitrogens with one attached hydrogen (secondary N) is 3. The number of aromatic hydroxyl groups is 2. The van der Waals surface area contributed by atoms with Crippen molar-refractivity contribution >= 4 is 57.8 Å². The summed E-state index contributed by atoms with van der Waals surface area (Å²) >= 11 is 0. The molecule has 7 atom stereocenters. The van der Waals surface area contributed by atoms with E-state index in [0.29, 0.717) is 19.3 Å². The van der Waals surface area contributed by atoms with Crippen molar-refractivity contribution in [2.24, 2.45) is 10.8 Å². The number of carboxylic acids is 1. The van der Waals surface area contributed by atoms with Gasteiger partial charge >= 0.3 is 5.97 Å². The summed E-state index contributed by atoms with van der Waals surface area (Å²) in [7, 11) is 1.32. The molecule has 0 radical (unpaired) electrons. The third-order valence-electron chi connectivity index (χ3n) is 13.1. The number of rotatable bonds is 16. The van der Waals surface area contributed by atoms with E-state index in [9.17, 15) is 59.1 Å². The molecule has 0 spiro atoms. The van der Waals surface area contributed by atoms with E-state index >= 15 is 0 Å². The lowest BCUT2D eigenvalue weighted by molar-refractivity contribution is -0.245. The zero-order valence-corrected chi connectivity index (χ0v) is 39.5. The van der Waals surface area contributed by atoms with E-state index in [1.165, 1.54) is 44.4 Å². The van der Waals surface area contributed by atoms with Gasteiger partial charge in [0.05, 0.1) is 54.4 Å². The fourth-order valence-electron chi connectivity index (χ4n) is 9.43. The number of amides is 4. The van der Waals surface area contributed by atoms with Crippen molar-refractivity contribution in [2.45, 2.75) is 108 Å². The van der Waals surface area contributed by atoms with Gasteiger partial charge in [0, 0.05) is 97.6 Å². The third kappa shape index (κ3) is 10.8. The lowest BCUT2D eigenvalue weighted by atomic mass is 9.71. The van der Waals surface area contributed by atoms with E-state index in [2.05, 4.69) is 20.8 Å². The minimum Gasteiger partial charge on any atom is -0.507 e. The Labute approximate surface area is 411 Å². The van der Waals surface area contributed by atoms with E-state index < -0.39 is 120 Å². The number of hydrazone groups is 1. The number of methoxy groups -OCH3 is 1. The normalized spacial score (nSPS) is 22.9. The first-order valence-electron chi connectivity index (χ1n) is 23.2. The summed E-state index contributed by atoms with van der Waals surface area (Å²) in [6.45, 7) is 2.22. The van der Waals surface area contributed by atoms with Crippen LogP contribution in [0.2, 0.25) is 0 Å². The average molecular weight is 997 g/mol. The summed E-state index contributed by atoms with van der Waals surface area (Å²) in [4.78, 5) is 90.2. The van der Waals surface area contributed by atoms with Crippen molar-refractivity contribution in [3.8, 4) is 17.2 Å². The van der Waals surface area contributed by atoms with Gasteiger partial charge in [-0.1, -0.05) is 36.8 Å². The Morgan fingerprint density at radius 2 is 1.69 bits per heavy atom. The van der Waals surface area contributed by atoms with Gasteiger partial charge in [0.1, 0.15) is 28.9 Å². The third-order valence-corrected chi connectivity index (χ3v) is 13.1. The highest BCUT2D eigenvalue weighted by atomic mass is 16.7. The Morgan fingerprint density at radius 1 is 0.986 bits per heavy atom. The number of aromatic amines is 1. The van der Waals surface area contributed by atoms with E-state index in [1.54, 1.807) is 13.1 Å². The number of carbonyl (C=O) groups excluding carboxylic acids is 6. The van der Waals surface area contributed by atoms with Crippen LogP contribution in [0.1, 0.15) is 107 Å². The van der Waals surface area contributed by atoms with Crippen LogP contribution in [0.4, 0.5) is 0 Å². The Morgan fingerprint density at radius 3 is 2.36 bits per heavy atom. The molecule has 4 aromatic rings. The summed E-state index contributed by atoms with van der Waals surface area (Å²) in [5, 5.41) is 73.0. The average Bonchev–Trinajstić information content (AvgIpc) is 3.90. The van der Waals surface area contributed by atoms with Crippen LogP contribution < -0.4 is 21.2 Å². The second kappa shape index (κ2) is 22.0.